The van der Waals surface area contributed by atoms with Crippen molar-refractivity contribution in [2.45, 2.75) is 57.4 Å². The summed E-state index contributed by atoms with van der Waals surface area (Å²) < 4.78 is 0. The zero-order valence-electron chi connectivity index (χ0n) is 11.3. The summed E-state index contributed by atoms with van der Waals surface area (Å²) in [6, 6.07) is 11.7. The Morgan fingerprint density at radius 3 is 2.44 bits per heavy atom. The second-order valence-corrected chi connectivity index (χ2v) is 6.20. The molecule has 18 heavy (non-hydrogen) atoms. The lowest BCUT2D eigenvalue weighted by Crippen LogP contribution is -2.54. The molecule has 2 aliphatic carbocycles. The van der Waals surface area contributed by atoms with Crippen molar-refractivity contribution in [3.63, 3.8) is 0 Å². The zero-order valence-corrected chi connectivity index (χ0v) is 11.3. The van der Waals surface area contributed by atoms with Crippen molar-refractivity contribution in [1.29, 1.82) is 0 Å². The van der Waals surface area contributed by atoms with Crippen molar-refractivity contribution >= 4 is 0 Å². The Bertz CT molecular complexity index is 364. The molecule has 1 heteroatoms. The van der Waals surface area contributed by atoms with E-state index < -0.39 is 0 Å². The molecule has 0 heterocycles. The highest BCUT2D eigenvalue weighted by Crippen LogP contribution is 2.51. The van der Waals surface area contributed by atoms with E-state index >= 15 is 0 Å². The quantitative estimate of drug-likeness (QED) is 0.845. The molecule has 1 aromatic rings. The van der Waals surface area contributed by atoms with Gasteiger partial charge in [0, 0.05) is 6.04 Å². The van der Waals surface area contributed by atoms with Gasteiger partial charge < -0.3 is 5.32 Å². The van der Waals surface area contributed by atoms with Crippen molar-refractivity contribution in [2.24, 2.45) is 5.41 Å². The molecule has 1 N–H and O–H groups in total. The van der Waals surface area contributed by atoms with E-state index in [0.29, 0.717) is 5.41 Å². The van der Waals surface area contributed by atoms with Gasteiger partial charge in [0.15, 0.2) is 0 Å². The number of benzene rings is 1. The van der Waals surface area contributed by atoms with Gasteiger partial charge in [0.2, 0.25) is 0 Å². The first-order valence-electron chi connectivity index (χ1n) is 7.66. The van der Waals surface area contributed by atoms with Crippen LogP contribution in [0.1, 0.15) is 50.5 Å². The summed E-state index contributed by atoms with van der Waals surface area (Å²) in [4.78, 5) is 0. The van der Waals surface area contributed by atoms with E-state index in [0.717, 1.165) is 12.6 Å². The Kier molecular flexibility index (Phi) is 3.69. The van der Waals surface area contributed by atoms with E-state index in [1.54, 1.807) is 0 Å². The molecule has 2 fully saturated rings. The monoisotopic (exact) mass is 243 g/mol. The van der Waals surface area contributed by atoms with Gasteiger partial charge in [-0.2, -0.15) is 0 Å². The highest BCUT2D eigenvalue weighted by Gasteiger charge is 2.46. The number of nitrogens with one attached hydrogen (secondary N) is 1. The summed E-state index contributed by atoms with van der Waals surface area (Å²) in [5.41, 5.74) is 2.16. The molecule has 1 unspecified atom stereocenters. The van der Waals surface area contributed by atoms with Crippen LogP contribution in [0, 0.1) is 5.41 Å². The molecule has 1 atom stereocenters. The van der Waals surface area contributed by atoms with Crippen LogP contribution >= 0.6 is 0 Å². The third kappa shape index (κ3) is 2.47. The Hall–Kier alpha value is -0.820. The summed E-state index contributed by atoms with van der Waals surface area (Å²) in [5.74, 6) is 0. The summed E-state index contributed by atoms with van der Waals surface area (Å²) in [6.07, 6.45) is 11.4. The van der Waals surface area contributed by atoms with E-state index in [2.05, 4.69) is 35.6 Å². The first kappa shape index (κ1) is 12.2. The van der Waals surface area contributed by atoms with E-state index in [9.17, 15) is 0 Å². The van der Waals surface area contributed by atoms with Crippen LogP contribution in [0.15, 0.2) is 30.3 Å². The van der Waals surface area contributed by atoms with Crippen LogP contribution in [0.2, 0.25) is 0 Å². The standard InChI is InChI=1S/C17H25N/c1-3-7-15(8-4-1)10-14-18-16-9-13-17(16)11-5-2-6-12-17/h1,3-4,7-8,16,18H,2,5-6,9-14H2. The lowest BCUT2D eigenvalue weighted by molar-refractivity contribution is 0.0236. The fourth-order valence-corrected chi connectivity index (χ4v) is 3.91. The minimum absolute atomic E-state index is 0.703. The molecule has 3 rings (SSSR count). The van der Waals surface area contributed by atoms with Crippen LogP contribution in [0.25, 0.3) is 0 Å². The molecule has 0 aromatic heterocycles. The van der Waals surface area contributed by atoms with E-state index in [1.165, 1.54) is 56.9 Å². The maximum Gasteiger partial charge on any atom is 0.0124 e. The second-order valence-electron chi connectivity index (χ2n) is 6.20. The van der Waals surface area contributed by atoms with Gasteiger partial charge in [-0.1, -0.05) is 49.6 Å². The SMILES string of the molecule is c1ccc(CCNC2CCC23CCCCC3)cc1. The van der Waals surface area contributed by atoms with Gasteiger partial charge in [0.25, 0.3) is 0 Å². The Morgan fingerprint density at radius 2 is 1.78 bits per heavy atom. The Balaban J connectivity index is 1.46. The minimum Gasteiger partial charge on any atom is -0.313 e. The molecule has 0 aliphatic heterocycles. The molecule has 2 aliphatic rings. The van der Waals surface area contributed by atoms with Crippen LogP contribution in [0.4, 0.5) is 0 Å². The van der Waals surface area contributed by atoms with Gasteiger partial charge >= 0.3 is 0 Å². The van der Waals surface area contributed by atoms with Gasteiger partial charge in [0.05, 0.1) is 0 Å². The van der Waals surface area contributed by atoms with Crippen LogP contribution in [0.5, 0.6) is 0 Å². The Labute approximate surface area is 111 Å². The molecule has 2 saturated carbocycles. The van der Waals surface area contributed by atoms with Gasteiger partial charge in [-0.15, -0.1) is 0 Å². The smallest absolute Gasteiger partial charge is 0.0124 e. The molecule has 1 spiro atoms. The zero-order chi connectivity index (χ0) is 12.3. The fraction of sp³-hybridized carbons (Fsp3) is 0.647. The third-order valence-electron chi connectivity index (χ3n) is 5.17. The summed E-state index contributed by atoms with van der Waals surface area (Å²) >= 11 is 0. The van der Waals surface area contributed by atoms with Crippen molar-refractivity contribution < 1.29 is 0 Å². The van der Waals surface area contributed by atoms with E-state index in [4.69, 9.17) is 0 Å². The maximum atomic E-state index is 3.83. The number of hydrogen-bond acceptors (Lipinski definition) is 1. The van der Waals surface area contributed by atoms with Gasteiger partial charge in [0.1, 0.15) is 0 Å². The van der Waals surface area contributed by atoms with Crippen LogP contribution in [-0.2, 0) is 6.42 Å². The lowest BCUT2D eigenvalue weighted by Gasteiger charge is -2.52. The summed E-state index contributed by atoms with van der Waals surface area (Å²) in [5, 5.41) is 3.83. The molecule has 0 saturated heterocycles. The molecular formula is C17H25N. The van der Waals surface area contributed by atoms with Gasteiger partial charge in [-0.25, -0.2) is 0 Å². The first-order valence-corrected chi connectivity index (χ1v) is 7.66. The van der Waals surface area contributed by atoms with Crippen molar-refractivity contribution in [2.75, 3.05) is 6.54 Å². The van der Waals surface area contributed by atoms with Crippen molar-refractivity contribution in [3.05, 3.63) is 35.9 Å². The molecular weight excluding hydrogens is 218 g/mol. The Morgan fingerprint density at radius 1 is 1.00 bits per heavy atom. The fourth-order valence-electron chi connectivity index (χ4n) is 3.91. The van der Waals surface area contributed by atoms with Crippen LogP contribution < -0.4 is 5.32 Å². The first-order chi connectivity index (χ1) is 8.89. The summed E-state index contributed by atoms with van der Waals surface area (Å²) in [6.45, 7) is 1.15. The topological polar surface area (TPSA) is 12.0 Å². The van der Waals surface area contributed by atoms with E-state index in [-0.39, 0.29) is 0 Å². The predicted octanol–water partition coefficient (Wildman–Crippen LogP) is 3.93. The molecule has 98 valence electrons. The van der Waals surface area contributed by atoms with Crippen LogP contribution in [-0.4, -0.2) is 12.6 Å². The molecule has 1 aromatic carbocycles. The maximum absolute atomic E-state index is 3.83. The normalized spacial score (nSPS) is 25.9. The highest BCUT2D eigenvalue weighted by molar-refractivity contribution is 5.15. The molecule has 0 bridgehead atoms. The molecule has 1 nitrogen and oxygen atoms in total. The largest absolute Gasteiger partial charge is 0.313 e. The van der Waals surface area contributed by atoms with Crippen molar-refractivity contribution in [3.8, 4) is 0 Å². The van der Waals surface area contributed by atoms with Crippen LogP contribution in [0.3, 0.4) is 0 Å². The second kappa shape index (κ2) is 5.44. The van der Waals surface area contributed by atoms with Crippen molar-refractivity contribution in [1.82, 2.24) is 5.32 Å². The highest BCUT2D eigenvalue weighted by atomic mass is 15.0. The van der Waals surface area contributed by atoms with Gasteiger partial charge in [-0.3, -0.25) is 0 Å². The third-order valence-corrected chi connectivity index (χ3v) is 5.17. The van der Waals surface area contributed by atoms with E-state index in [1.807, 2.05) is 0 Å². The lowest BCUT2D eigenvalue weighted by atomic mass is 9.57. The molecule has 0 radical (unpaired) electrons. The average molecular weight is 243 g/mol. The average Bonchev–Trinajstić information content (AvgIpc) is 2.44. The minimum atomic E-state index is 0.703. The van der Waals surface area contributed by atoms with Gasteiger partial charge in [-0.05, 0) is 49.6 Å². The summed E-state index contributed by atoms with van der Waals surface area (Å²) in [7, 11) is 0. The predicted molar refractivity (Wildman–Crippen MR) is 76.7 cm³/mol. The molecule has 0 amide bonds. The number of hydrogen-bond donors (Lipinski definition) is 1. The number of rotatable bonds is 4.